The predicted octanol–water partition coefficient (Wildman–Crippen LogP) is 21.8. The predicted molar refractivity (Wildman–Crippen MR) is 426 cm³/mol. The minimum absolute atomic E-state index is 0.617. The highest BCUT2D eigenvalue weighted by molar-refractivity contribution is 5.98. The largest absolute Gasteiger partial charge is 0.265 e. The minimum Gasteiger partial charge on any atom is -0.265 e. The Labute approximate surface area is 611 Å². The van der Waals surface area contributed by atoms with E-state index in [1.807, 2.05) is 188 Å². The van der Waals surface area contributed by atoms with Crippen LogP contribution in [0.2, 0.25) is 0 Å². The van der Waals surface area contributed by atoms with Crippen molar-refractivity contribution in [2.75, 3.05) is 0 Å². The molecule has 0 aliphatic rings. The standard InChI is InChI=1S/C34H22N4.C33H21N5.C26H18N4/c1-3-14-28-24(8-1)10-6-16-30(28)33-36-32(27-13-5-12-26(22-27)23-18-20-35-21-19-23)37-34(38-33)31-17-7-11-25-9-2-4-15-29(25)31;1-3-8-26-20-28(16-10-22(26)6-1)32-36-31(25-14-12-24(13-15-25)30-34-18-5-19-35-30)37-33(38-32)29-17-11-23-7-2-4-9-27(23)21-29;1-3-9-20(10-4-1)24-28-25(21-11-5-2-6-12-21)30-26(29-24)22-16-14-19(15-17-22)23-13-7-8-18-27-23/h1-22H;1-21H;1-18H. The summed E-state index contributed by atoms with van der Waals surface area (Å²) in [5.74, 6) is 6.50. The lowest BCUT2D eigenvalue weighted by atomic mass is 10.0. The van der Waals surface area contributed by atoms with E-state index in [1.165, 1.54) is 10.8 Å². The van der Waals surface area contributed by atoms with Gasteiger partial charge in [-0.05, 0) is 103 Å². The van der Waals surface area contributed by atoms with E-state index in [-0.39, 0.29) is 0 Å². The number of pyridine rings is 2. The highest BCUT2D eigenvalue weighted by atomic mass is 15.1. The SMILES string of the molecule is c1cc(-c2ccncc2)cc(-c2nc(-c3cccc4ccccc34)nc(-c3cccc4ccccc34)n2)c1.c1ccc(-c2nc(-c3ccccc3)nc(-c3ccc(-c4ccccn4)cc3)n2)cc1.c1cnc(-c2ccc(-c3nc(-c4ccc5ccccc5c4)nc(-c4ccc5ccccc5c4)n3)cc2)nc1. The summed E-state index contributed by atoms with van der Waals surface area (Å²) < 4.78 is 0. The second kappa shape index (κ2) is 29.9. The zero-order chi connectivity index (χ0) is 70.8. The van der Waals surface area contributed by atoms with Crippen LogP contribution in [-0.2, 0) is 0 Å². The molecule has 19 rings (SSSR count). The lowest BCUT2D eigenvalue weighted by Crippen LogP contribution is -2.01. The summed E-state index contributed by atoms with van der Waals surface area (Å²) in [5.41, 5.74) is 13.7. The molecular weight excluding hydrogens is 1300 g/mol. The van der Waals surface area contributed by atoms with Gasteiger partial charge in [0.25, 0.3) is 0 Å². The third-order valence-electron chi connectivity index (χ3n) is 18.3. The number of hydrogen-bond donors (Lipinski definition) is 0. The zero-order valence-corrected chi connectivity index (χ0v) is 57.0. The van der Waals surface area contributed by atoms with Crippen LogP contribution in [0, 0.1) is 0 Å². The fourth-order valence-corrected chi connectivity index (χ4v) is 12.9. The molecule has 0 aliphatic heterocycles. The highest BCUT2D eigenvalue weighted by Gasteiger charge is 2.19. The Morgan fingerprint density at radius 3 is 0.962 bits per heavy atom. The van der Waals surface area contributed by atoms with Crippen molar-refractivity contribution >= 4 is 43.1 Å². The van der Waals surface area contributed by atoms with Crippen LogP contribution in [0.15, 0.2) is 371 Å². The molecule has 0 saturated carbocycles. The molecule has 0 bridgehead atoms. The van der Waals surface area contributed by atoms with Crippen molar-refractivity contribution < 1.29 is 0 Å². The number of rotatable bonds is 12. The average Bonchev–Trinajstić information content (AvgIpc) is 0.771. The number of fused-ring (bicyclic) bond motifs is 4. The van der Waals surface area contributed by atoms with Crippen LogP contribution in [-0.4, -0.2) is 64.8 Å². The van der Waals surface area contributed by atoms with E-state index < -0.39 is 0 Å². The van der Waals surface area contributed by atoms with Crippen LogP contribution in [0.3, 0.4) is 0 Å². The van der Waals surface area contributed by atoms with Gasteiger partial charge in [-0.2, -0.15) is 0 Å². The first-order valence-electron chi connectivity index (χ1n) is 34.7. The van der Waals surface area contributed by atoms with Crippen molar-refractivity contribution in [3.63, 3.8) is 0 Å². The molecule has 0 atom stereocenters. The molecule has 0 radical (unpaired) electrons. The van der Waals surface area contributed by atoms with Crippen molar-refractivity contribution in [3.8, 4) is 136 Å². The molecular formula is C93H61N13. The second-order valence-corrected chi connectivity index (χ2v) is 25.1. The topological polar surface area (TPSA) is 168 Å². The highest BCUT2D eigenvalue weighted by Crippen LogP contribution is 2.36. The van der Waals surface area contributed by atoms with Crippen LogP contribution in [0.25, 0.3) is 179 Å². The van der Waals surface area contributed by atoms with Gasteiger partial charge in [0.05, 0.1) is 5.69 Å². The van der Waals surface area contributed by atoms with Gasteiger partial charge in [0.2, 0.25) is 0 Å². The monoisotopic (exact) mass is 1360 g/mol. The van der Waals surface area contributed by atoms with Crippen LogP contribution >= 0.6 is 0 Å². The molecule has 0 amide bonds. The molecule has 6 aromatic heterocycles. The molecule has 106 heavy (non-hydrogen) atoms. The number of aromatic nitrogens is 13. The third kappa shape index (κ3) is 14.2. The van der Waals surface area contributed by atoms with E-state index in [2.05, 4.69) is 184 Å². The fourth-order valence-electron chi connectivity index (χ4n) is 12.9. The second-order valence-electron chi connectivity index (χ2n) is 25.1. The molecule has 0 saturated heterocycles. The summed E-state index contributed by atoms with van der Waals surface area (Å²) >= 11 is 0. The summed E-state index contributed by atoms with van der Waals surface area (Å²) in [7, 11) is 0. The van der Waals surface area contributed by atoms with E-state index in [1.54, 1.807) is 18.6 Å². The summed E-state index contributed by atoms with van der Waals surface area (Å²) in [6.07, 6.45) is 8.90. The molecule has 0 N–H and O–H groups in total. The molecule has 19 aromatic rings. The maximum Gasteiger partial charge on any atom is 0.164 e. The maximum atomic E-state index is 5.05. The Morgan fingerprint density at radius 1 is 0.151 bits per heavy atom. The van der Waals surface area contributed by atoms with Gasteiger partial charge in [-0.25, -0.2) is 54.8 Å². The van der Waals surface area contributed by atoms with Gasteiger partial charge < -0.3 is 0 Å². The van der Waals surface area contributed by atoms with E-state index in [4.69, 9.17) is 44.9 Å². The van der Waals surface area contributed by atoms with E-state index in [9.17, 15) is 0 Å². The number of benzene rings is 13. The van der Waals surface area contributed by atoms with E-state index >= 15 is 0 Å². The Hall–Kier alpha value is -14.7. The molecule has 13 nitrogen and oxygen atoms in total. The Morgan fingerprint density at radius 2 is 0.481 bits per heavy atom. The minimum atomic E-state index is 0.617. The van der Waals surface area contributed by atoms with Crippen LogP contribution in [0.5, 0.6) is 0 Å². The normalized spacial score (nSPS) is 11.0. The Bertz CT molecular complexity index is 6050. The van der Waals surface area contributed by atoms with Crippen LogP contribution < -0.4 is 0 Å². The van der Waals surface area contributed by atoms with E-state index in [0.717, 1.165) is 110 Å². The van der Waals surface area contributed by atoms with Gasteiger partial charge in [-0.3, -0.25) is 9.97 Å². The average molecular weight is 1360 g/mol. The molecule has 6 heterocycles. The summed E-state index contributed by atoms with van der Waals surface area (Å²) in [5, 5.41) is 9.18. The zero-order valence-electron chi connectivity index (χ0n) is 57.0. The van der Waals surface area contributed by atoms with Gasteiger partial charge in [0, 0.05) is 92.2 Å². The van der Waals surface area contributed by atoms with Crippen molar-refractivity contribution in [2.24, 2.45) is 0 Å². The Kier molecular flexibility index (Phi) is 18.2. The first-order chi connectivity index (χ1) is 52.5. The molecule has 0 unspecified atom stereocenters. The van der Waals surface area contributed by atoms with Crippen LogP contribution in [0.4, 0.5) is 0 Å². The number of hydrogen-bond acceptors (Lipinski definition) is 13. The summed E-state index contributed by atoms with van der Waals surface area (Å²) in [6, 6.07) is 115. The third-order valence-corrected chi connectivity index (χ3v) is 18.3. The van der Waals surface area contributed by atoms with Gasteiger partial charge in [0.1, 0.15) is 0 Å². The van der Waals surface area contributed by atoms with Crippen molar-refractivity contribution in [1.82, 2.24) is 64.8 Å². The van der Waals surface area contributed by atoms with Crippen LogP contribution in [0.1, 0.15) is 0 Å². The molecule has 0 spiro atoms. The van der Waals surface area contributed by atoms with Gasteiger partial charge in [-0.15, -0.1) is 0 Å². The molecule has 498 valence electrons. The summed E-state index contributed by atoms with van der Waals surface area (Å²) in [4.78, 5) is 61.4. The van der Waals surface area contributed by atoms with Gasteiger partial charge in [-0.1, -0.05) is 291 Å². The number of nitrogens with zero attached hydrogens (tertiary/aromatic N) is 13. The lowest BCUT2D eigenvalue weighted by molar-refractivity contribution is 1.07. The molecule has 0 aliphatic carbocycles. The van der Waals surface area contributed by atoms with Crippen molar-refractivity contribution in [3.05, 3.63) is 371 Å². The van der Waals surface area contributed by atoms with Crippen molar-refractivity contribution in [1.29, 1.82) is 0 Å². The first-order valence-corrected chi connectivity index (χ1v) is 34.7. The van der Waals surface area contributed by atoms with Gasteiger partial charge in [0.15, 0.2) is 58.2 Å². The Balaban J connectivity index is 0.000000118. The fraction of sp³-hybridized carbons (Fsp3) is 0. The smallest absolute Gasteiger partial charge is 0.164 e. The first kappa shape index (κ1) is 64.7. The van der Waals surface area contributed by atoms with Crippen molar-refractivity contribution in [2.45, 2.75) is 0 Å². The maximum absolute atomic E-state index is 5.05. The molecule has 13 heteroatoms. The van der Waals surface area contributed by atoms with E-state index in [0.29, 0.717) is 58.2 Å². The van der Waals surface area contributed by atoms with Gasteiger partial charge >= 0.3 is 0 Å². The molecule has 13 aromatic carbocycles. The molecule has 0 fully saturated rings. The quantitative estimate of drug-likeness (QED) is 0.113. The lowest BCUT2D eigenvalue weighted by Gasteiger charge is -2.12. The summed E-state index contributed by atoms with van der Waals surface area (Å²) in [6.45, 7) is 0.